The van der Waals surface area contributed by atoms with Crippen LogP contribution in [-0.4, -0.2) is 36.0 Å². The average molecular weight is 239 g/mol. The number of rotatable bonds is 5. The number of carbonyl (C=O) groups is 1. The number of carbonyl (C=O) groups excluding carboxylic acids is 1. The van der Waals surface area contributed by atoms with Gasteiger partial charge in [0, 0.05) is 19.7 Å². The number of likely N-dealkylation sites (N-methyl/N-ethyl adjacent to an activating group) is 2. The van der Waals surface area contributed by atoms with Crippen LogP contribution in [0, 0.1) is 0 Å². The van der Waals surface area contributed by atoms with Crippen molar-refractivity contribution in [2.45, 2.75) is 6.92 Å². The van der Waals surface area contributed by atoms with Crippen molar-refractivity contribution < 1.29 is 4.79 Å². The quantitative estimate of drug-likeness (QED) is 0.380. The number of hydrogen-bond donors (Lipinski definition) is 4. The number of nitrogen functional groups attached to an aromatic ring is 2. The summed E-state index contributed by atoms with van der Waals surface area (Å²) in [5.41, 5.74) is 7.94. The SMILES string of the molecule is CCN(CC(=O)NC)c1cc(NN)nc(N)n1. The Morgan fingerprint density at radius 3 is 2.76 bits per heavy atom. The van der Waals surface area contributed by atoms with E-state index < -0.39 is 0 Å². The highest BCUT2D eigenvalue weighted by atomic mass is 16.1. The van der Waals surface area contributed by atoms with Gasteiger partial charge in [0.1, 0.15) is 11.6 Å². The Morgan fingerprint density at radius 2 is 2.24 bits per heavy atom. The van der Waals surface area contributed by atoms with E-state index in [0.29, 0.717) is 18.2 Å². The average Bonchev–Trinajstić information content (AvgIpc) is 2.34. The highest BCUT2D eigenvalue weighted by molar-refractivity contribution is 5.80. The van der Waals surface area contributed by atoms with Crippen molar-refractivity contribution in [3.8, 4) is 0 Å². The number of nitrogens with one attached hydrogen (secondary N) is 2. The number of nitrogens with zero attached hydrogens (tertiary/aromatic N) is 3. The van der Waals surface area contributed by atoms with E-state index in [0.717, 1.165) is 0 Å². The molecule has 0 unspecified atom stereocenters. The highest BCUT2D eigenvalue weighted by Gasteiger charge is 2.12. The topological polar surface area (TPSA) is 122 Å². The second-order valence-corrected chi connectivity index (χ2v) is 3.30. The van der Waals surface area contributed by atoms with Crippen LogP contribution < -0.4 is 27.2 Å². The molecule has 94 valence electrons. The first kappa shape index (κ1) is 13.0. The first-order valence-electron chi connectivity index (χ1n) is 5.17. The van der Waals surface area contributed by atoms with Crippen LogP contribution in [0.15, 0.2) is 6.07 Å². The molecular weight excluding hydrogens is 222 g/mol. The molecule has 8 heteroatoms. The Balaban J connectivity index is 2.94. The van der Waals surface area contributed by atoms with Crippen molar-refractivity contribution in [1.82, 2.24) is 15.3 Å². The molecule has 0 saturated carbocycles. The van der Waals surface area contributed by atoms with Crippen LogP contribution in [0.1, 0.15) is 6.92 Å². The van der Waals surface area contributed by atoms with E-state index in [9.17, 15) is 4.79 Å². The van der Waals surface area contributed by atoms with Gasteiger partial charge in [-0.3, -0.25) is 4.79 Å². The molecule has 1 heterocycles. The normalized spacial score (nSPS) is 9.82. The maximum atomic E-state index is 11.3. The zero-order valence-electron chi connectivity index (χ0n) is 9.90. The molecular formula is C9H17N7O. The number of hydrogen-bond acceptors (Lipinski definition) is 7. The number of hydrazine groups is 1. The summed E-state index contributed by atoms with van der Waals surface area (Å²) in [6, 6.07) is 1.63. The van der Waals surface area contributed by atoms with Crippen molar-refractivity contribution in [2.24, 2.45) is 5.84 Å². The lowest BCUT2D eigenvalue weighted by molar-refractivity contribution is -0.119. The predicted molar refractivity (Wildman–Crippen MR) is 66.2 cm³/mol. The van der Waals surface area contributed by atoms with E-state index in [4.69, 9.17) is 11.6 Å². The molecule has 8 nitrogen and oxygen atoms in total. The van der Waals surface area contributed by atoms with Gasteiger partial charge in [-0.15, -0.1) is 0 Å². The molecule has 0 aliphatic rings. The monoisotopic (exact) mass is 239 g/mol. The first-order valence-corrected chi connectivity index (χ1v) is 5.17. The van der Waals surface area contributed by atoms with E-state index in [2.05, 4.69) is 20.7 Å². The van der Waals surface area contributed by atoms with Crippen molar-refractivity contribution >= 4 is 23.5 Å². The predicted octanol–water partition coefficient (Wildman–Crippen LogP) is -1.08. The number of amides is 1. The summed E-state index contributed by atoms with van der Waals surface area (Å²) >= 11 is 0. The van der Waals surface area contributed by atoms with Gasteiger partial charge < -0.3 is 21.4 Å². The smallest absolute Gasteiger partial charge is 0.239 e. The van der Waals surface area contributed by atoms with Crippen LogP contribution in [0.4, 0.5) is 17.6 Å². The summed E-state index contributed by atoms with van der Waals surface area (Å²) in [5.74, 6) is 6.22. The van der Waals surface area contributed by atoms with Gasteiger partial charge in [-0.05, 0) is 6.92 Å². The van der Waals surface area contributed by atoms with E-state index in [-0.39, 0.29) is 18.4 Å². The van der Waals surface area contributed by atoms with E-state index in [1.807, 2.05) is 6.92 Å². The first-order chi connectivity index (χ1) is 8.10. The van der Waals surface area contributed by atoms with E-state index in [1.165, 1.54) is 0 Å². The molecule has 17 heavy (non-hydrogen) atoms. The molecule has 0 radical (unpaired) electrons. The molecule has 0 bridgehead atoms. The molecule has 6 N–H and O–H groups in total. The summed E-state index contributed by atoms with van der Waals surface area (Å²) in [4.78, 5) is 21.0. The Kier molecular flexibility index (Phi) is 4.46. The van der Waals surface area contributed by atoms with Gasteiger partial charge in [0.25, 0.3) is 0 Å². The van der Waals surface area contributed by atoms with Gasteiger partial charge >= 0.3 is 0 Å². The lowest BCUT2D eigenvalue weighted by Gasteiger charge is -2.21. The van der Waals surface area contributed by atoms with Crippen molar-refractivity contribution in [1.29, 1.82) is 0 Å². The Labute approximate surface area is 99.4 Å². The largest absolute Gasteiger partial charge is 0.368 e. The van der Waals surface area contributed by atoms with Crippen LogP contribution in [0.3, 0.4) is 0 Å². The molecule has 1 aromatic rings. The molecule has 0 saturated heterocycles. The van der Waals surface area contributed by atoms with Crippen LogP contribution >= 0.6 is 0 Å². The lowest BCUT2D eigenvalue weighted by Crippen LogP contribution is -2.36. The van der Waals surface area contributed by atoms with Crippen LogP contribution in [-0.2, 0) is 4.79 Å². The Hall–Kier alpha value is -2.09. The molecule has 1 rings (SSSR count). The van der Waals surface area contributed by atoms with Crippen molar-refractivity contribution in [3.63, 3.8) is 0 Å². The fourth-order valence-corrected chi connectivity index (χ4v) is 1.30. The molecule has 0 aliphatic heterocycles. The van der Waals surface area contributed by atoms with Gasteiger partial charge in [0.05, 0.1) is 6.54 Å². The van der Waals surface area contributed by atoms with Crippen LogP contribution in [0.25, 0.3) is 0 Å². The molecule has 1 aromatic heterocycles. The third-order valence-corrected chi connectivity index (χ3v) is 2.20. The molecule has 0 fully saturated rings. The van der Waals surface area contributed by atoms with Gasteiger partial charge in [0.15, 0.2) is 0 Å². The molecule has 0 atom stereocenters. The molecule has 0 aromatic carbocycles. The maximum Gasteiger partial charge on any atom is 0.239 e. The highest BCUT2D eigenvalue weighted by Crippen LogP contribution is 2.15. The summed E-state index contributed by atoms with van der Waals surface area (Å²) < 4.78 is 0. The minimum atomic E-state index is -0.105. The minimum absolute atomic E-state index is 0.103. The van der Waals surface area contributed by atoms with Gasteiger partial charge in [0.2, 0.25) is 11.9 Å². The van der Waals surface area contributed by atoms with Gasteiger partial charge in [-0.1, -0.05) is 0 Å². The minimum Gasteiger partial charge on any atom is -0.368 e. The Bertz CT molecular complexity index is 395. The van der Waals surface area contributed by atoms with Crippen LogP contribution in [0.2, 0.25) is 0 Å². The second kappa shape index (κ2) is 5.85. The summed E-state index contributed by atoms with van der Waals surface area (Å²) in [7, 11) is 1.58. The van der Waals surface area contributed by atoms with Gasteiger partial charge in [-0.2, -0.15) is 9.97 Å². The lowest BCUT2D eigenvalue weighted by atomic mass is 10.4. The Morgan fingerprint density at radius 1 is 1.53 bits per heavy atom. The van der Waals surface area contributed by atoms with Crippen LogP contribution in [0.5, 0.6) is 0 Å². The third kappa shape index (κ3) is 3.45. The summed E-state index contributed by atoms with van der Waals surface area (Å²) in [6.45, 7) is 2.73. The van der Waals surface area contributed by atoms with Crippen molar-refractivity contribution in [2.75, 3.05) is 36.2 Å². The molecule has 0 spiro atoms. The standard InChI is InChI=1S/C9H17N7O/c1-3-16(5-8(17)12-2)7-4-6(15-11)13-9(10)14-7/h4H,3,5,11H2,1-2H3,(H,12,17)(H3,10,13,14,15). The summed E-state index contributed by atoms with van der Waals surface area (Å²) in [5, 5.41) is 2.55. The maximum absolute atomic E-state index is 11.3. The molecule has 0 aliphatic carbocycles. The van der Waals surface area contributed by atoms with E-state index in [1.54, 1.807) is 18.0 Å². The summed E-state index contributed by atoms with van der Waals surface area (Å²) in [6.07, 6.45) is 0. The third-order valence-electron chi connectivity index (χ3n) is 2.20. The zero-order valence-corrected chi connectivity index (χ0v) is 9.90. The fraction of sp³-hybridized carbons (Fsp3) is 0.444. The van der Waals surface area contributed by atoms with E-state index >= 15 is 0 Å². The second-order valence-electron chi connectivity index (χ2n) is 3.30. The fourth-order valence-electron chi connectivity index (χ4n) is 1.30. The van der Waals surface area contributed by atoms with Crippen molar-refractivity contribution in [3.05, 3.63) is 6.07 Å². The zero-order chi connectivity index (χ0) is 12.8. The number of anilines is 3. The molecule has 1 amide bonds. The van der Waals surface area contributed by atoms with Gasteiger partial charge in [-0.25, -0.2) is 5.84 Å². The number of aromatic nitrogens is 2. The number of nitrogens with two attached hydrogens (primary N) is 2.